The fraction of sp³-hybridized carbons (Fsp3) is 0.483. The Bertz CT molecular complexity index is 968. The number of ketones is 1. The summed E-state index contributed by atoms with van der Waals surface area (Å²) in [7, 11) is 0. The minimum absolute atomic E-state index is 0.0740. The van der Waals surface area contributed by atoms with E-state index in [0.717, 1.165) is 37.5 Å². The van der Waals surface area contributed by atoms with Gasteiger partial charge in [-0.1, -0.05) is 71.4 Å². The largest absolute Gasteiger partial charge is 0.299 e. The molecule has 30 heavy (non-hydrogen) atoms. The van der Waals surface area contributed by atoms with Gasteiger partial charge in [-0.05, 0) is 80.3 Å². The molecule has 6 rings (SSSR count). The summed E-state index contributed by atoms with van der Waals surface area (Å²) < 4.78 is 0. The Labute approximate surface area is 180 Å². The zero-order valence-electron chi connectivity index (χ0n) is 17.9. The first-order valence-corrected chi connectivity index (χ1v) is 12.1. The number of hydrogen-bond donors (Lipinski definition) is 0. The lowest BCUT2D eigenvalue weighted by Crippen LogP contribution is -2.21. The predicted octanol–water partition coefficient (Wildman–Crippen LogP) is 6.97. The van der Waals surface area contributed by atoms with Gasteiger partial charge < -0.3 is 0 Å². The van der Waals surface area contributed by atoms with Crippen molar-refractivity contribution >= 4 is 5.78 Å². The molecule has 0 aromatic carbocycles. The smallest absolute Gasteiger partial charge is 0.140 e. The Balaban J connectivity index is 1.15. The molecule has 3 atom stereocenters. The summed E-state index contributed by atoms with van der Waals surface area (Å²) in [5.74, 6) is 3.34. The highest BCUT2D eigenvalue weighted by molar-refractivity contribution is 5.85. The van der Waals surface area contributed by atoms with Crippen molar-refractivity contribution in [1.29, 1.82) is 0 Å². The molecule has 0 aliphatic heterocycles. The zero-order valence-corrected chi connectivity index (χ0v) is 17.9. The van der Waals surface area contributed by atoms with Gasteiger partial charge >= 0.3 is 0 Å². The number of Topliss-reactive ketones (excluding diaryl/α,β-unsaturated/α-hetero) is 1. The van der Waals surface area contributed by atoms with E-state index in [4.69, 9.17) is 0 Å². The van der Waals surface area contributed by atoms with Crippen molar-refractivity contribution in [3.63, 3.8) is 0 Å². The van der Waals surface area contributed by atoms with Crippen molar-refractivity contribution in [2.24, 2.45) is 29.6 Å². The van der Waals surface area contributed by atoms with Crippen LogP contribution >= 0.6 is 0 Å². The van der Waals surface area contributed by atoms with Crippen LogP contribution in [0.3, 0.4) is 0 Å². The molecule has 6 aliphatic carbocycles. The van der Waals surface area contributed by atoms with Crippen LogP contribution in [-0.4, -0.2) is 5.78 Å². The molecular formula is C29H32O. The van der Waals surface area contributed by atoms with Crippen LogP contribution in [0, 0.1) is 29.6 Å². The minimum Gasteiger partial charge on any atom is -0.299 e. The average Bonchev–Trinajstić information content (AvgIpc) is 3.49. The van der Waals surface area contributed by atoms with Crippen molar-refractivity contribution in [2.45, 2.75) is 57.8 Å². The zero-order chi connectivity index (χ0) is 20.1. The van der Waals surface area contributed by atoms with Crippen molar-refractivity contribution in [3.05, 3.63) is 82.5 Å². The highest BCUT2D eigenvalue weighted by atomic mass is 16.1. The monoisotopic (exact) mass is 396 g/mol. The van der Waals surface area contributed by atoms with Crippen LogP contribution < -0.4 is 0 Å². The second kappa shape index (κ2) is 7.52. The maximum absolute atomic E-state index is 13.5. The highest BCUT2D eigenvalue weighted by Gasteiger charge is 2.43. The lowest BCUT2D eigenvalue weighted by Gasteiger charge is -2.22. The normalized spacial score (nSPS) is 32.3. The van der Waals surface area contributed by atoms with Gasteiger partial charge in [-0.3, -0.25) is 4.79 Å². The van der Waals surface area contributed by atoms with E-state index in [0.29, 0.717) is 24.0 Å². The van der Waals surface area contributed by atoms with Gasteiger partial charge in [0.05, 0.1) is 0 Å². The number of rotatable bonds is 8. The molecule has 154 valence electrons. The Kier molecular flexibility index (Phi) is 4.66. The molecular weight excluding hydrogens is 364 g/mol. The molecule has 1 heteroatoms. The van der Waals surface area contributed by atoms with Crippen molar-refractivity contribution in [1.82, 2.24) is 0 Å². The van der Waals surface area contributed by atoms with Crippen molar-refractivity contribution < 1.29 is 4.79 Å². The van der Waals surface area contributed by atoms with Gasteiger partial charge in [-0.2, -0.15) is 0 Å². The van der Waals surface area contributed by atoms with Crippen LogP contribution in [0.2, 0.25) is 0 Å². The van der Waals surface area contributed by atoms with E-state index in [2.05, 4.69) is 54.7 Å². The fourth-order valence-electron chi connectivity index (χ4n) is 6.22. The quantitative estimate of drug-likeness (QED) is 0.433. The summed E-state index contributed by atoms with van der Waals surface area (Å²) in [5.41, 5.74) is 7.58. The van der Waals surface area contributed by atoms with Gasteiger partial charge in [-0.25, -0.2) is 0 Å². The summed E-state index contributed by atoms with van der Waals surface area (Å²) in [4.78, 5) is 13.5. The lowest BCUT2D eigenvalue weighted by atomic mass is 9.81. The molecule has 0 saturated heterocycles. The maximum Gasteiger partial charge on any atom is 0.140 e. The van der Waals surface area contributed by atoms with E-state index in [9.17, 15) is 4.79 Å². The van der Waals surface area contributed by atoms with Crippen LogP contribution in [0.15, 0.2) is 82.5 Å². The first kappa shape index (κ1) is 18.6. The van der Waals surface area contributed by atoms with Crippen molar-refractivity contribution in [3.8, 4) is 0 Å². The molecule has 0 heterocycles. The van der Waals surface area contributed by atoms with Crippen LogP contribution in [0.5, 0.6) is 0 Å². The molecule has 2 fully saturated rings. The molecule has 0 spiro atoms. The SMILES string of the molecule is O=C(CCC1=CC=C(C2CC2)C1C1CC1)C1C=C(C2=CC=CC2)CC1C1=CC=CC1. The standard InChI is InChI=1S/C29H32O/c30-28(16-14-23-13-15-25(21-9-10-21)29(23)22-11-12-22)27-18-24(19-5-1-2-6-19)17-26(27)20-7-3-4-8-20/h1-5,7,13,15,18,21-22,26-27,29H,6,8-12,14,16-17H2. The van der Waals surface area contributed by atoms with Gasteiger partial charge in [0.15, 0.2) is 0 Å². The minimum atomic E-state index is 0.0740. The fourth-order valence-corrected chi connectivity index (χ4v) is 6.22. The maximum atomic E-state index is 13.5. The molecule has 6 aliphatic rings. The van der Waals surface area contributed by atoms with Crippen molar-refractivity contribution in [2.75, 3.05) is 0 Å². The van der Waals surface area contributed by atoms with Crippen LogP contribution in [0.1, 0.15) is 57.8 Å². The summed E-state index contributed by atoms with van der Waals surface area (Å²) in [6.45, 7) is 0. The van der Waals surface area contributed by atoms with E-state index in [-0.39, 0.29) is 5.92 Å². The molecule has 3 unspecified atom stereocenters. The summed E-state index contributed by atoms with van der Waals surface area (Å²) in [6.07, 6.45) is 30.8. The van der Waals surface area contributed by atoms with Gasteiger partial charge in [-0.15, -0.1) is 0 Å². The van der Waals surface area contributed by atoms with E-state index >= 15 is 0 Å². The van der Waals surface area contributed by atoms with Gasteiger partial charge in [0.25, 0.3) is 0 Å². The molecule has 0 radical (unpaired) electrons. The summed E-state index contributed by atoms with van der Waals surface area (Å²) >= 11 is 0. The second-order valence-electron chi connectivity index (χ2n) is 10.2. The molecule has 0 aromatic rings. The number of carbonyl (C=O) groups is 1. The molecule has 2 saturated carbocycles. The van der Waals surface area contributed by atoms with Crippen LogP contribution in [0.4, 0.5) is 0 Å². The third-order valence-corrected chi connectivity index (χ3v) is 8.14. The summed E-state index contributed by atoms with van der Waals surface area (Å²) in [5, 5.41) is 0. The molecule has 0 N–H and O–H groups in total. The second-order valence-corrected chi connectivity index (χ2v) is 10.2. The Morgan fingerprint density at radius 1 is 0.900 bits per heavy atom. The number of hydrogen-bond acceptors (Lipinski definition) is 1. The topological polar surface area (TPSA) is 17.1 Å². The molecule has 0 amide bonds. The Hall–Kier alpha value is -2.15. The van der Waals surface area contributed by atoms with E-state index in [1.165, 1.54) is 42.4 Å². The summed E-state index contributed by atoms with van der Waals surface area (Å²) in [6, 6.07) is 0. The predicted molar refractivity (Wildman–Crippen MR) is 123 cm³/mol. The first-order chi connectivity index (χ1) is 14.8. The average molecular weight is 397 g/mol. The third kappa shape index (κ3) is 3.47. The molecule has 0 bridgehead atoms. The number of carbonyl (C=O) groups excluding carboxylic acids is 1. The third-order valence-electron chi connectivity index (χ3n) is 8.14. The van der Waals surface area contributed by atoms with Gasteiger partial charge in [0.2, 0.25) is 0 Å². The van der Waals surface area contributed by atoms with Crippen LogP contribution in [0.25, 0.3) is 0 Å². The van der Waals surface area contributed by atoms with E-state index in [1.807, 2.05) is 0 Å². The Morgan fingerprint density at radius 3 is 2.43 bits per heavy atom. The molecule has 1 nitrogen and oxygen atoms in total. The van der Waals surface area contributed by atoms with Gasteiger partial charge in [0.1, 0.15) is 5.78 Å². The van der Waals surface area contributed by atoms with E-state index in [1.54, 1.807) is 11.1 Å². The lowest BCUT2D eigenvalue weighted by molar-refractivity contribution is -0.122. The number of allylic oxidation sites excluding steroid dienone is 14. The van der Waals surface area contributed by atoms with Gasteiger partial charge in [0, 0.05) is 18.3 Å². The van der Waals surface area contributed by atoms with Crippen LogP contribution in [-0.2, 0) is 4.79 Å². The van der Waals surface area contributed by atoms with E-state index < -0.39 is 0 Å². The highest BCUT2D eigenvalue weighted by Crippen LogP contribution is 2.54. The molecule has 0 aromatic heterocycles. The Morgan fingerprint density at radius 2 is 1.73 bits per heavy atom. The first-order valence-electron chi connectivity index (χ1n) is 12.1.